The van der Waals surface area contributed by atoms with Crippen LogP contribution >= 0.6 is 0 Å². The van der Waals surface area contributed by atoms with Crippen molar-refractivity contribution in [3.63, 3.8) is 0 Å². The number of furan rings is 1. The first-order valence-electron chi connectivity index (χ1n) is 28.0. The van der Waals surface area contributed by atoms with Gasteiger partial charge in [0.1, 0.15) is 11.2 Å². The highest BCUT2D eigenvalue weighted by Gasteiger charge is 2.55. The standard InChI is InChI=1S/C72H41B2N5O2/c1-3-18-42(19-4-1)75-59-38-44(77-55-28-12-7-22-46(55)47-23-8-13-29-56(47)77)34-36-52(59)73-54-27-17-33-64-69(54)79-70-65(80-64)40-51-50-26-11-16-32-63(50)81-72(51)68(70)74-53-37-35-45(78-57-30-14-9-24-48(57)49-25-10-15-31-58(49)78)39-60(53)76(43-20-5-2-6-21-43)62-41-61(75)66(73)71(79)67(62)74/h1-41H. The van der Waals surface area contributed by atoms with Gasteiger partial charge in [-0.2, -0.15) is 0 Å². The predicted molar refractivity (Wildman–Crippen MR) is 336 cm³/mol. The molecule has 20 rings (SSSR count). The fourth-order valence-corrected chi connectivity index (χ4v) is 15.3. The monoisotopic (exact) mass is 1030 g/mol. The van der Waals surface area contributed by atoms with E-state index in [4.69, 9.17) is 9.15 Å². The highest BCUT2D eigenvalue weighted by Crippen LogP contribution is 2.57. The molecule has 0 atom stereocenters. The molecule has 8 heterocycles. The minimum absolute atomic E-state index is 0.139. The van der Waals surface area contributed by atoms with Gasteiger partial charge < -0.3 is 33.0 Å². The van der Waals surface area contributed by atoms with E-state index in [0.717, 1.165) is 95.8 Å². The van der Waals surface area contributed by atoms with Crippen LogP contribution in [0.25, 0.3) is 76.9 Å². The van der Waals surface area contributed by atoms with Gasteiger partial charge in [-0.1, -0.05) is 152 Å². The van der Waals surface area contributed by atoms with Crippen LogP contribution in [0.3, 0.4) is 0 Å². The third kappa shape index (κ3) is 5.27. The second-order valence-electron chi connectivity index (χ2n) is 22.3. The first-order valence-corrected chi connectivity index (χ1v) is 28.0. The van der Waals surface area contributed by atoms with Gasteiger partial charge >= 0.3 is 0 Å². The van der Waals surface area contributed by atoms with E-state index < -0.39 is 0 Å². The number of ether oxygens (including phenoxy) is 1. The van der Waals surface area contributed by atoms with Gasteiger partial charge in [-0.15, -0.1) is 0 Å². The van der Waals surface area contributed by atoms with Gasteiger partial charge in [0.05, 0.1) is 33.4 Å². The Kier molecular flexibility index (Phi) is 7.92. The van der Waals surface area contributed by atoms with Crippen molar-refractivity contribution in [2.45, 2.75) is 0 Å². The molecule has 81 heavy (non-hydrogen) atoms. The van der Waals surface area contributed by atoms with Crippen molar-refractivity contribution in [2.24, 2.45) is 0 Å². The largest absolute Gasteiger partial charge is 0.457 e. The molecule has 0 amide bonds. The van der Waals surface area contributed by atoms with E-state index in [1.165, 1.54) is 76.6 Å². The molecule has 9 heteroatoms. The lowest BCUT2D eigenvalue weighted by Gasteiger charge is -2.52. The van der Waals surface area contributed by atoms with Gasteiger partial charge in [0, 0.05) is 89.0 Å². The topological polar surface area (TPSA) is 42.0 Å². The molecule has 0 unspecified atom stereocenters. The van der Waals surface area contributed by atoms with Gasteiger partial charge in [-0.3, -0.25) is 0 Å². The van der Waals surface area contributed by atoms with Crippen LogP contribution in [-0.2, 0) is 0 Å². The average Bonchev–Trinajstić information content (AvgIpc) is 2.32. The summed E-state index contributed by atoms with van der Waals surface area (Å²) in [6.45, 7) is -0.391. The van der Waals surface area contributed by atoms with Crippen LogP contribution in [0.5, 0.6) is 11.5 Å². The van der Waals surface area contributed by atoms with Crippen LogP contribution in [0.15, 0.2) is 253 Å². The van der Waals surface area contributed by atoms with Crippen LogP contribution in [-0.4, -0.2) is 22.6 Å². The van der Waals surface area contributed by atoms with Gasteiger partial charge in [0.2, 0.25) is 0 Å². The van der Waals surface area contributed by atoms with Gasteiger partial charge in [-0.05, 0) is 124 Å². The number of anilines is 9. The van der Waals surface area contributed by atoms with Crippen molar-refractivity contribution in [2.75, 3.05) is 14.7 Å². The molecule has 0 fully saturated rings. The molecule has 7 nitrogen and oxygen atoms in total. The van der Waals surface area contributed by atoms with E-state index in [1.807, 2.05) is 0 Å². The Hall–Kier alpha value is -10.6. The second-order valence-corrected chi connectivity index (χ2v) is 22.3. The van der Waals surface area contributed by atoms with E-state index in [0.29, 0.717) is 0 Å². The summed E-state index contributed by atoms with van der Waals surface area (Å²) in [5, 5.41) is 7.06. The summed E-state index contributed by atoms with van der Waals surface area (Å²) in [6, 6.07) is 91.7. The van der Waals surface area contributed by atoms with Crippen LogP contribution < -0.4 is 52.2 Å². The van der Waals surface area contributed by atoms with Crippen LogP contribution in [0.1, 0.15) is 0 Å². The molecule has 5 aliphatic heterocycles. The summed E-state index contributed by atoms with van der Waals surface area (Å²) in [5.74, 6) is 1.68. The molecule has 12 aromatic carbocycles. The molecular formula is C72H41B2N5O2. The van der Waals surface area contributed by atoms with Crippen LogP contribution in [0.4, 0.5) is 51.2 Å². The Labute approximate surface area is 465 Å². The van der Waals surface area contributed by atoms with E-state index in [1.54, 1.807) is 0 Å². The van der Waals surface area contributed by atoms with Gasteiger partial charge in [0.25, 0.3) is 13.4 Å². The van der Waals surface area contributed by atoms with Crippen molar-refractivity contribution in [1.29, 1.82) is 0 Å². The molecular weight excluding hydrogens is 988 g/mol. The first-order chi connectivity index (χ1) is 40.2. The lowest BCUT2D eigenvalue weighted by Crippen LogP contribution is -2.69. The lowest BCUT2D eigenvalue weighted by atomic mass is 9.28. The molecule has 0 aliphatic carbocycles. The number of hydrogen-bond acceptors (Lipinski definition) is 5. The maximum absolute atomic E-state index is 7.40. The zero-order valence-corrected chi connectivity index (χ0v) is 43.4. The molecule has 3 aromatic heterocycles. The zero-order valence-electron chi connectivity index (χ0n) is 43.4. The quantitative estimate of drug-likeness (QED) is 0.164. The summed E-state index contributed by atoms with van der Waals surface area (Å²) in [6.07, 6.45) is 0. The fraction of sp³-hybridized carbons (Fsp3) is 0. The Balaban J connectivity index is 0.943. The van der Waals surface area contributed by atoms with Crippen LogP contribution in [0, 0.1) is 0 Å². The summed E-state index contributed by atoms with van der Waals surface area (Å²) in [5.41, 5.74) is 26.0. The lowest BCUT2D eigenvalue weighted by molar-refractivity contribution is 0.478. The third-order valence-electron chi connectivity index (χ3n) is 18.4. The van der Waals surface area contributed by atoms with Crippen molar-refractivity contribution >= 4 is 163 Å². The summed E-state index contributed by atoms with van der Waals surface area (Å²) in [7, 11) is 0. The number of aromatic nitrogens is 2. The fourth-order valence-electron chi connectivity index (χ4n) is 15.3. The minimum atomic E-state index is -0.253. The molecule has 0 spiro atoms. The molecule has 0 bridgehead atoms. The van der Waals surface area contributed by atoms with E-state index in [2.05, 4.69) is 273 Å². The van der Waals surface area contributed by atoms with Crippen molar-refractivity contribution < 1.29 is 9.15 Å². The molecule has 0 saturated heterocycles. The van der Waals surface area contributed by atoms with E-state index in [-0.39, 0.29) is 13.4 Å². The number of hydrogen-bond donors (Lipinski definition) is 0. The number of fused-ring (bicyclic) bond motifs is 16. The summed E-state index contributed by atoms with van der Waals surface area (Å²) in [4.78, 5) is 7.72. The Bertz CT molecular complexity index is 5230. The van der Waals surface area contributed by atoms with E-state index in [9.17, 15) is 0 Å². The molecule has 0 N–H and O–H groups in total. The highest BCUT2D eigenvalue weighted by atomic mass is 16.5. The third-order valence-corrected chi connectivity index (χ3v) is 18.4. The number of rotatable bonds is 4. The number of benzene rings is 12. The number of nitrogens with zero attached hydrogens (tertiary/aromatic N) is 5. The van der Waals surface area contributed by atoms with Gasteiger partial charge in [0.15, 0.2) is 11.5 Å². The molecule has 15 aromatic rings. The van der Waals surface area contributed by atoms with Crippen LogP contribution in [0.2, 0.25) is 0 Å². The normalized spacial score (nSPS) is 13.9. The Morgan fingerprint density at radius 2 is 0.778 bits per heavy atom. The summed E-state index contributed by atoms with van der Waals surface area (Å²) < 4.78 is 19.6. The molecule has 0 saturated carbocycles. The smallest absolute Gasteiger partial charge is 0.257 e. The number of para-hydroxylation sites is 8. The van der Waals surface area contributed by atoms with E-state index >= 15 is 0 Å². The maximum Gasteiger partial charge on any atom is 0.257 e. The predicted octanol–water partition coefficient (Wildman–Crippen LogP) is 14.6. The zero-order chi connectivity index (χ0) is 52.3. The minimum Gasteiger partial charge on any atom is -0.457 e. The average molecular weight is 1030 g/mol. The molecule has 372 valence electrons. The van der Waals surface area contributed by atoms with Crippen molar-refractivity contribution in [3.8, 4) is 22.9 Å². The maximum atomic E-state index is 7.40. The molecule has 5 aliphatic rings. The summed E-state index contributed by atoms with van der Waals surface area (Å²) >= 11 is 0. The van der Waals surface area contributed by atoms with Crippen molar-refractivity contribution in [3.05, 3.63) is 249 Å². The van der Waals surface area contributed by atoms with Gasteiger partial charge in [-0.25, -0.2) is 0 Å². The molecule has 0 radical (unpaired) electrons. The SMILES string of the molecule is c1ccc(N2c3cc(-n4c5ccccc5c5ccccc54)ccc3B3c4cccc5c4N4c6c3c2cc2c6B(c3ccc(-n6c7ccccc7c7ccccc76)cc3N2c2ccccc2)c2c4c(cc3c2oc2ccccc23)O5)cc1. The second kappa shape index (κ2) is 15.1. The first kappa shape index (κ1) is 42.4. The van der Waals surface area contributed by atoms with Crippen molar-refractivity contribution in [1.82, 2.24) is 9.13 Å². The highest BCUT2D eigenvalue weighted by molar-refractivity contribution is 7.05. The Morgan fingerprint density at radius 3 is 1.35 bits per heavy atom. The Morgan fingerprint density at radius 1 is 0.284 bits per heavy atom.